The average Bonchev–Trinajstić information content (AvgIpc) is 3.72. The molecule has 2 heterocycles. The quantitative estimate of drug-likeness (QED) is 0.186. The van der Waals surface area contributed by atoms with E-state index in [1.807, 2.05) is 0 Å². The predicted octanol–water partition coefficient (Wildman–Crippen LogP) is 11.9. The lowest BCUT2D eigenvalue weighted by Crippen LogP contribution is -2.56. The van der Waals surface area contributed by atoms with Crippen LogP contribution in [0.1, 0.15) is 194 Å². The molecule has 2 aliphatic heterocycles. The molecule has 3 nitrogen and oxygen atoms in total. The topological polar surface area (TPSA) is 18.5 Å². The second kappa shape index (κ2) is 19.3. The summed E-state index contributed by atoms with van der Waals surface area (Å²) in [5.41, 5.74) is 0. The van der Waals surface area contributed by atoms with Gasteiger partial charge >= 0.3 is 0 Å². The molecule has 6 rings (SSSR count). The second-order valence-corrected chi connectivity index (χ2v) is 19.5. The molecule has 9 unspecified atom stereocenters. The summed E-state index contributed by atoms with van der Waals surface area (Å²) in [5.74, 6) is 7.30. The minimum absolute atomic E-state index is 0.697. The summed E-state index contributed by atoms with van der Waals surface area (Å²) in [6.45, 7) is 9.02. The molecule has 0 amide bonds. The van der Waals surface area contributed by atoms with Gasteiger partial charge in [0.2, 0.25) is 0 Å². The predicted molar refractivity (Wildman–Crippen MR) is 212 cm³/mol. The van der Waals surface area contributed by atoms with E-state index in [4.69, 9.17) is 0 Å². The number of likely N-dealkylation sites (tertiary alicyclic amines) is 2. The molecule has 1 N–H and O–H groups in total. The molecule has 4 aliphatic carbocycles. The molecule has 284 valence electrons. The van der Waals surface area contributed by atoms with E-state index in [9.17, 15) is 0 Å². The van der Waals surface area contributed by atoms with Gasteiger partial charge in [-0.3, -0.25) is 9.80 Å². The Hall–Kier alpha value is -0.120. The molecule has 3 heteroatoms. The van der Waals surface area contributed by atoms with Crippen LogP contribution in [-0.2, 0) is 0 Å². The maximum absolute atomic E-state index is 4.60. The standard InChI is InChI=1S/C46H85N3/c1-6-7-20-34(2)45(38-25-16-10-17-26-38)43-31-32-44(49(43)5)46(39-27-18-11-19-28-39)47-33-40(37-23-14-9-15-24-37)42-30-29-41(48(42)4)35(3)36-21-12-8-13-22-36/h34-47H,6-33H2,1-5H3. The van der Waals surface area contributed by atoms with Crippen molar-refractivity contribution in [1.29, 1.82) is 0 Å². The minimum Gasteiger partial charge on any atom is -0.312 e. The minimum atomic E-state index is 0.697. The number of hydrogen-bond acceptors (Lipinski definition) is 3. The van der Waals surface area contributed by atoms with Gasteiger partial charge in [0.25, 0.3) is 0 Å². The van der Waals surface area contributed by atoms with Crippen molar-refractivity contribution < 1.29 is 0 Å². The van der Waals surface area contributed by atoms with Gasteiger partial charge in [0.15, 0.2) is 0 Å². The van der Waals surface area contributed by atoms with E-state index in [-0.39, 0.29) is 0 Å². The smallest absolute Gasteiger partial charge is 0.0252 e. The van der Waals surface area contributed by atoms with Crippen LogP contribution in [0.25, 0.3) is 0 Å². The lowest BCUT2D eigenvalue weighted by Gasteiger charge is -2.45. The summed E-state index contributed by atoms with van der Waals surface area (Å²) in [6, 6.07) is 3.86. The highest BCUT2D eigenvalue weighted by Crippen LogP contribution is 2.46. The Balaban J connectivity index is 1.18. The number of hydrogen-bond donors (Lipinski definition) is 1. The van der Waals surface area contributed by atoms with Crippen LogP contribution >= 0.6 is 0 Å². The number of likely N-dealkylation sites (N-methyl/N-ethyl adjacent to an activating group) is 1. The van der Waals surface area contributed by atoms with E-state index in [0.29, 0.717) is 6.04 Å². The van der Waals surface area contributed by atoms with Gasteiger partial charge in [-0.25, -0.2) is 0 Å². The van der Waals surface area contributed by atoms with Crippen molar-refractivity contribution in [3.63, 3.8) is 0 Å². The van der Waals surface area contributed by atoms with Crippen LogP contribution in [0.3, 0.4) is 0 Å². The first-order valence-electron chi connectivity index (χ1n) is 23.1. The van der Waals surface area contributed by atoms with Crippen LogP contribution < -0.4 is 5.32 Å². The first-order chi connectivity index (χ1) is 24.0. The summed E-state index contributed by atoms with van der Waals surface area (Å²) < 4.78 is 0. The van der Waals surface area contributed by atoms with Gasteiger partial charge in [0.1, 0.15) is 0 Å². The van der Waals surface area contributed by atoms with Crippen molar-refractivity contribution in [2.24, 2.45) is 47.3 Å². The van der Waals surface area contributed by atoms with Crippen LogP contribution in [0, 0.1) is 47.3 Å². The second-order valence-electron chi connectivity index (χ2n) is 19.5. The molecule has 0 bridgehead atoms. The zero-order chi connectivity index (χ0) is 34.2. The first-order valence-corrected chi connectivity index (χ1v) is 23.1. The molecule has 9 atom stereocenters. The molecule has 6 fully saturated rings. The molecule has 6 aliphatic rings. The van der Waals surface area contributed by atoms with Gasteiger partial charge < -0.3 is 5.32 Å². The third-order valence-electron chi connectivity index (χ3n) is 16.8. The summed E-state index contributed by atoms with van der Waals surface area (Å²) in [5, 5.41) is 4.60. The van der Waals surface area contributed by atoms with Crippen molar-refractivity contribution in [2.75, 3.05) is 20.6 Å². The fraction of sp³-hybridized carbons (Fsp3) is 1.00. The van der Waals surface area contributed by atoms with Crippen LogP contribution in [0.15, 0.2) is 0 Å². The normalized spacial score (nSPS) is 34.2. The van der Waals surface area contributed by atoms with Crippen molar-refractivity contribution in [3.8, 4) is 0 Å². The monoisotopic (exact) mass is 680 g/mol. The van der Waals surface area contributed by atoms with Crippen LogP contribution in [0.4, 0.5) is 0 Å². The van der Waals surface area contributed by atoms with E-state index in [2.05, 4.69) is 50.0 Å². The highest BCUT2D eigenvalue weighted by Gasteiger charge is 2.47. The SMILES string of the molecule is CCCCC(C)C(C1CCCCC1)C1CCC(C(NCC(C2CCCCC2)C2CCC(C(C)C3CCCCC3)N2C)C2CCCCC2)N1C. The Morgan fingerprint density at radius 1 is 0.510 bits per heavy atom. The Morgan fingerprint density at radius 3 is 1.57 bits per heavy atom. The van der Waals surface area contributed by atoms with Gasteiger partial charge in [-0.15, -0.1) is 0 Å². The van der Waals surface area contributed by atoms with E-state index in [0.717, 1.165) is 71.5 Å². The van der Waals surface area contributed by atoms with Crippen molar-refractivity contribution in [1.82, 2.24) is 15.1 Å². The average molecular weight is 680 g/mol. The number of rotatable bonds is 15. The molecule has 0 aromatic carbocycles. The zero-order valence-corrected chi connectivity index (χ0v) is 33.7. The Labute approximate surface area is 306 Å². The zero-order valence-electron chi connectivity index (χ0n) is 33.7. The van der Waals surface area contributed by atoms with E-state index in [1.54, 1.807) is 0 Å². The largest absolute Gasteiger partial charge is 0.312 e. The highest BCUT2D eigenvalue weighted by atomic mass is 15.2. The van der Waals surface area contributed by atoms with Crippen molar-refractivity contribution in [3.05, 3.63) is 0 Å². The molecule has 0 aromatic heterocycles. The number of nitrogens with zero attached hydrogens (tertiary/aromatic N) is 2. The summed E-state index contributed by atoms with van der Waals surface area (Å²) in [4.78, 5) is 6.02. The lowest BCUT2D eigenvalue weighted by molar-refractivity contribution is 0.0517. The first kappa shape index (κ1) is 38.6. The summed E-state index contributed by atoms with van der Waals surface area (Å²) in [7, 11) is 5.19. The van der Waals surface area contributed by atoms with Gasteiger partial charge in [-0.2, -0.15) is 0 Å². The molecule has 0 spiro atoms. The molecule has 49 heavy (non-hydrogen) atoms. The third kappa shape index (κ3) is 9.52. The van der Waals surface area contributed by atoms with E-state index < -0.39 is 0 Å². The van der Waals surface area contributed by atoms with E-state index >= 15 is 0 Å². The highest BCUT2D eigenvalue weighted by molar-refractivity contribution is 5.02. The summed E-state index contributed by atoms with van der Waals surface area (Å²) >= 11 is 0. The third-order valence-corrected chi connectivity index (χ3v) is 16.8. The Morgan fingerprint density at radius 2 is 0.980 bits per heavy atom. The molecule has 0 aromatic rings. The molecule has 2 saturated heterocycles. The maximum atomic E-state index is 4.60. The van der Waals surface area contributed by atoms with Crippen LogP contribution in [0.5, 0.6) is 0 Å². The van der Waals surface area contributed by atoms with Crippen molar-refractivity contribution in [2.45, 2.75) is 224 Å². The molecular formula is C46H85N3. The van der Waals surface area contributed by atoms with Gasteiger partial charge in [0.05, 0.1) is 0 Å². The Kier molecular flexibility index (Phi) is 15.2. The van der Waals surface area contributed by atoms with Gasteiger partial charge in [-0.1, -0.05) is 156 Å². The van der Waals surface area contributed by atoms with Crippen LogP contribution in [-0.4, -0.2) is 60.6 Å². The van der Waals surface area contributed by atoms with E-state index in [1.165, 1.54) is 180 Å². The fourth-order valence-electron chi connectivity index (χ4n) is 14.0. The van der Waals surface area contributed by atoms with Gasteiger partial charge in [0, 0.05) is 36.8 Å². The number of nitrogens with one attached hydrogen (secondary N) is 1. The maximum Gasteiger partial charge on any atom is 0.0252 e. The molecular weight excluding hydrogens is 595 g/mol. The summed E-state index contributed by atoms with van der Waals surface area (Å²) in [6.07, 6.45) is 39.8. The fourth-order valence-corrected chi connectivity index (χ4v) is 14.0. The Bertz CT molecular complexity index is 911. The number of unbranched alkanes of at least 4 members (excludes halogenated alkanes) is 1. The van der Waals surface area contributed by atoms with Crippen molar-refractivity contribution >= 4 is 0 Å². The molecule has 0 radical (unpaired) electrons. The van der Waals surface area contributed by atoms with Crippen LogP contribution in [0.2, 0.25) is 0 Å². The van der Waals surface area contributed by atoms with Gasteiger partial charge in [-0.05, 0) is 100.0 Å². The lowest BCUT2D eigenvalue weighted by atomic mass is 9.69. The molecule has 4 saturated carbocycles.